The van der Waals surface area contributed by atoms with Gasteiger partial charge in [-0.05, 0) is 31.5 Å². The van der Waals surface area contributed by atoms with Gasteiger partial charge in [-0.15, -0.1) is 0 Å². The van der Waals surface area contributed by atoms with Gasteiger partial charge in [0.2, 0.25) is 0 Å². The number of halogens is 3. The molecule has 1 amide bonds. The maximum absolute atomic E-state index is 12.7. The van der Waals surface area contributed by atoms with Crippen LogP contribution in [-0.4, -0.2) is 16.6 Å². The number of rotatable bonds is 3. The predicted octanol–water partition coefficient (Wildman–Crippen LogP) is 3.70. The van der Waals surface area contributed by atoms with Gasteiger partial charge in [0, 0.05) is 5.69 Å². The molecule has 0 heterocycles. The van der Waals surface area contributed by atoms with Crippen molar-refractivity contribution in [3.05, 3.63) is 29.3 Å². The summed E-state index contributed by atoms with van der Waals surface area (Å²) >= 11 is 0. The summed E-state index contributed by atoms with van der Waals surface area (Å²) in [5.74, 6) is -0.808. The number of anilines is 1. The van der Waals surface area contributed by atoms with Gasteiger partial charge in [0.15, 0.2) is 0 Å². The van der Waals surface area contributed by atoms with Gasteiger partial charge in [-0.2, -0.15) is 18.4 Å². The molecule has 1 aromatic rings. The molecule has 0 spiro atoms. The molecule has 22 heavy (non-hydrogen) atoms. The second-order valence-corrected chi connectivity index (χ2v) is 4.45. The number of aliphatic hydroxyl groups is 1. The summed E-state index contributed by atoms with van der Waals surface area (Å²) in [7, 11) is 0. The van der Waals surface area contributed by atoms with E-state index in [0.717, 1.165) is 6.07 Å². The highest BCUT2D eigenvalue weighted by Gasteiger charge is 2.34. The molecule has 0 bridgehead atoms. The Balaban J connectivity index is 0.00000211. The van der Waals surface area contributed by atoms with E-state index in [1.54, 1.807) is 6.92 Å². The molecule has 0 aliphatic rings. The molecule has 1 atom stereocenters. The quantitative estimate of drug-likeness (QED) is 0.893. The highest BCUT2D eigenvalue weighted by Crippen LogP contribution is 2.33. The monoisotopic (exact) mass is 316 g/mol. The average Bonchev–Trinajstić information content (AvgIpc) is 2.48. The molecule has 122 valence electrons. The standard InChI is InChI=1S/C13H13F3N2O2.C2H6/c1-3-12(2,20)11(19)18-9-5-4-8(7-17)10(6-9)13(14,15)16;1-2/h4-6,20H,3H2,1-2H3,(H,18,19);1-2H3. The molecule has 0 aromatic heterocycles. The van der Waals surface area contributed by atoms with Crippen molar-refractivity contribution in [1.29, 1.82) is 5.26 Å². The molecule has 0 saturated carbocycles. The normalized spacial score (nSPS) is 13.2. The molecule has 0 radical (unpaired) electrons. The van der Waals surface area contributed by atoms with Gasteiger partial charge >= 0.3 is 6.18 Å². The number of nitriles is 1. The van der Waals surface area contributed by atoms with Crippen molar-refractivity contribution in [2.45, 2.75) is 45.9 Å². The second kappa shape index (κ2) is 7.80. The summed E-state index contributed by atoms with van der Waals surface area (Å²) in [6.45, 7) is 6.83. The fraction of sp³-hybridized carbons (Fsp3) is 0.467. The zero-order chi connectivity index (χ0) is 17.6. The first-order valence-corrected chi connectivity index (χ1v) is 6.77. The summed E-state index contributed by atoms with van der Waals surface area (Å²) in [6.07, 6.45) is -4.58. The van der Waals surface area contributed by atoms with Crippen molar-refractivity contribution in [3.63, 3.8) is 0 Å². The number of hydrogen-bond donors (Lipinski definition) is 2. The highest BCUT2D eigenvalue weighted by molar-refractivity contribution is 5.96. The Morgan fingerprint density at radius 1 is 1.36 bits per heavy atom. The van der Waals surface area contributed by atoms with Crippen LogP contribution < -0.4 is 5.32 Å². The van der Waals surface area contributed by atoms with E-state index in [1.165, 1.54) is 19.1 Å². The van der Waals surface area contributed by atoms with E-state index in [-0.39, 0.29) is 12.1 Å². The number of alkyl halides is 3. The lowest BCUT2D eigenvalue weighted by molar-refractivity contribution is -0.138. The van der Waals surface area contributed by atoms with Gasteiger partial charge in [-0.25, -0.2) is 0 Å². The molecular formula is C15H19F3N2O2. The minimum atomic E-state index is -4.70. The lowest BCUT2D eigenvalue weighted by Crippen LogP contribution is -2.39. The van der Waals surface area contributed by atoms with Crippen LogP contribution in [0.2, 0.25) is 0 Å². The third kappa shape index (κ3) is 5.04. The van der Waals surface area contributed by atoms with E-state index in [4.69, 9.17) is 5.26 Å². The van der Waals surface area contributed by atoms with Crippen molar-refractivity contribution < 1.29 is 23.1 Å². The smallest absolute Gasteiger partial charge is 0.380 e. The summed E-state index contributed by atoms with van der Waals surface area (Å²) in [5.41, 5.74) is -3.46. The number of nitrogens with zero attached hydrogens (tertiary/aromatic N) is 1. The van der Waals surface area contributed by atoms with E-state index >= 15 is 0 Å². The van der Waals surface area contributed by atoms with Gasteiger partial charge in [-0.3, -0.25) is 4.79 Å². The van der Waals surface area contributed by atoms with Gasteiger partial charge in [0.25, 0.3) is 5.91 Å². The first-order valence-electron chi connectivity index (χ1n) is 6.77. The molecule has 2 N–H and O–H groups in total. The maximum atomic E-state index is 12.7. The van der Waals surface area contributed by atoms with Gasteiger partial charge in [0.1, 0.15) is 5.60 Å². The summed E-state index contributed by atoms with van der Waals surface area (Å²) in [5, 5.41) is 20.5. The third-order valence-corrected chi connectivity index (χ3v) is 2.88. The third-order valence-electron chi connectivity index (χ3n) is 2.88. The Labute approximate surface area is 127 Å². The van der Waals surface area contributed by atoms with Crippen molar-refractivity contribution in [2.24, 2.45) is 0 Å². The van der Waals surface area contributed by atoms with Crippen LogP contribution in [0.3, 0.4) is 0 Å². The molecule has 4 nitrogen and oxygen atoms in total. The van der Waals surface area contributed by atoms with Crippen molar-refractivity contribution in [2.75, 3.05) is 5.32 Å². The van der Waals surface area contributed by atoms with E-state index in [2.05, 4.69) is 5.32 Å². The Kier molecular flexibility index (Phi) is 7.07. The summed E-state index contributed by atoms with van der Waals surface area (Å²) < 4.78 is 38.2. The average molecular weight is 316 g/mol. The molecule has 0 aliphatic heterocycles. The number of carbonyl (C=O) groups excluding carboxylic acids is 1. The summed E-state index contributed by atoms with van der Waals surface area (Å²) in [4.78, 5) is 11.7. The number of benzene rings is 1. The Hall–Kier alpha value is -2.07. The first kappa shape index (κ1) is 19.9. The van der Waals surface area contributed by atoms with Crippen LogP contribution in [0, 0.1) is 11.3 Å². The van der Waals surface area contributed by atoms with Gasteiger partial charge in [-0.1, -0.05) is 20.8 Å². The molecule has 1 unspecified atom stereocenters. The molecule has 0 aliphatic carbocycles. The lowest BCUT2D eigenvalue weighted by atomic mass is 10.0. The second-order valence-electron chi connectivity index (χ2n) is 4.45. The molecule has 7 heteroatoms. The van der Waals surface area contributed by atoms with Crippen LogP contribution in [0.4, 0.5) is 18.9 Å². The van der Waals surface area contributed by atoms with Gasteiger partial charge < -0.3 is 10.4 Å². The minimum Gasteiger partial charge on any atom is -0.380 e. The maximum Gasteiger partial charge on any atom is 0.417 e. The Bertz CT molecular complexity index is 561. The highest BCUT2D eigenvalue weighted by atomic mass is 19.4. The van der Waals surface area contributed by atoms with Gasteiger partial charge in [0.05, 0.1) is 17.2 Å². The minimum absolute atomic E-state index is 0.112. The van der Waals surface area contributed by atoms with E-state index < -0.39 is 28.8 Å². The summed E-state index contributed by atoms with van der Waals surface area (Å²) in [6, 6.07) is 4.26. The molecule has 0 saturated heterocycles. The van der Waals surface area contributed by atoms with Crippen LogP contribution in [0.1, 0.15) is 45.2 Å². The number of carbonyl (C=O) groups is 1. The van der Waals surface area contributed by atoms with Crippen molar-refractivity contribution >= 4 is 11.6 Å². The van der Waals surface area contributed by atoms with Crippen LogP contribution in [0.5, 0.6) is 0 Å². The molecule has 0 fully saturated rings. The Morgan fingerprint density at radius 2 is 1.91 bits per heavy atom. The number of amides is 1. The van der Waals surface area contributed by atoms with Crippen molar-refractivity contribution in [1.82, 2.24) is 0 Å². The Morgan fingerprint density at radius 3 is 2.32 bits per heavy atom. The van der Waals surface area contributed by atoms with E-state index in [9.17, 15) is 23.1 Å². The molecular weight excluding hydrogens is 297 g/mol. The van der Waals surface area contributed by atoms with Crippen LogP contribution in [0.25, 0.3) is 0 Å². The zero-order valence-corrected chi connectivity index (χ0v) is 12.9. The number of hydrogen-bond acceptors (Lipinski definition) is 3. The SMILES string of the molecule is CC.CCC(C)(O)C(=O)Nc1ccc(C#N)c(C(F)(F)F)c1. The van der Waals surface area contributed by atoms with Crippen LogP contribution >= 0.6 is 0 Å². The number of nitrogens with one attached hydrogen (secondary N) is 1. The molecule has 1 rings (SSSR count). The lowest BCUT2D eigenvalue weighted by Gasteiger charge is -2.20. The zero-order valence-electron chi connectivity index (χ0n) is 12.9. The first-order chi connectivity index (χ1) is 10.1. The van der Waals surface area contributed by atoms with E-state index in [1.807, 2.05) is 13.8 Å². The van der Waals surface area contributed by atoms with Crippen LogP contribution in [-0.2, 0) is 11.0 Å². The fourth-order valence-corrected chi connectivity index (χ4v) is 1.38. The predicted molar refractivity (Wildman–Crippen MR) is 77.1 cm³/mol. The fourth-order valence-electron chi connectivity index (χ4n) is 1.38. The molecule has 1 aromatic carbocycles. The largest absolute Gasteiger partial charge is 0.417 e. The van der Waals surface area contributed by atoms with Crippen molar-refractivity contribution in [3.8, 4) is 6.07 Å². The topological polar surface area (TPSA) is 73.1 Å². The van der Waals surface area contributed by atoms with E-state index in [0.29, 0.717) is 6.07 Å². The van der Waals surface area contributed by atoms with Crippen LogP contribution in [0.15, 0.2) is 18.2 Å².